The molecule has 1 aliphatic rings. The van der Waals surface area contributed by atoms with E-state index in [0.717, 1.165) is 31.2 Å². The van der Waals surface area contributed by atoms with Crippen molar-refractivity contribution in [2.75, 3.05) is 13.2 Å². The molecular weight excluding hydrogens is 256 g/mol. The minimum Gasteiger partial charge on any atom is -0.490 e. The summed E-state index contributed by atoms with van der Waals surface area (Å²) in [5, 5.41) is 19.6. The molecule has 0 heterocycles. The van der Waals surface area contributed by atoms with Crippen molar-refractivity contribution >= 4 is 0 Å². The van der Waals surface area contributed by atoms with Gasteiger partial charge in [-0.1, -0.05) is 25.3 Å². The predicted molar refractivity (Wildman–Crippen MR) is 77.1 cm³/mol. The van der Waals surface area contributed by atoms with Crippen LogP contribution in [0.1, 0.15) is 44.6 Å². The largest absolute Gasteiger partial charge is 0.490 e. The van der Waals surface area contributed by atoms with Gasteiger partial charge in [0.2, 0.25) is 0 Å². The Morgan fingerprint density at radius 3 is 2.50 bits per heavy atom. The van der Waals surface area contributed by atoms with E-state index in [1.807, 2.05) is 13.0 Å². The second-order valence-electron chi connectivity index (χ2n) is 5.45. The second-order valence-corrected chi connectivity index (χ2v) is 5.45. The van der Waals surface area contributed by atoms with Crippen molar-refractivity contribution in [2.24, 2.45) is 0 Å². The van der Waals surface area contributed by atoms with Crippen LogP contribution in [0.3, 0.4) is 0 Å². The highest BCUT2D eigenvalue weighted by atomic mass is 16.5. The minimum absolute atomic E-state index is 0.0235. The molecule has 1 aliphatic carbocycles. The molecule has 2 N–H and O–H groups in total. The van der Waals surface area contributed by atoms with Gasteiger partial charge in [-0.2, -0.15) is 0 Å². The monoisotopic (exact) mass is 280 g/mol. The first-order chi connectivity index (χ1) is 9.67. The molecule has 1 aromatic rings. The van der Waals surface area contributed by atoms with Gasteiger partial charge >= 0.3 is 0 Å². The fourth-order valence-electron chi connectivity index (χ4n) is 2.60. The van der Waals surface area contributed by atoms with Gasteiger partial charge in [0.15, 0.2) is 11.5 Å². The number of hydrogen-bond acceptors (Lipinski definition) is 4. The molecule has 0 spiro atoms. The molecule has 0 unspecified atom stereocenters. The zero-order valence-corrected chi connectivity index (χ0v) is 12.1. The van der Waals surface area contributed by atoms with Gasteiger partial charge in [0.05, 0.1) is 18.8 Å². The van der Waals surface area contributed by atoms with Crippen LogP contribution in [0.2, 0.25) is 0 Å². The van der Waals surface area contributed by atoms with Gasteiger partial charge < -0.3 is 19.7 Å². The summed E-state index contributed by atoms with van der Waals surface area (Å²) in [6.07, 6.45) is 4.90. The smallest absolute Gasteiger partial charge is 0.161 e. The van der Waals surface area contributed by atoms with Crippen LogP contribution in [-0.4, -0.2) is 29.0 Å². The number of rotatable bonds is 6. The van der Waals surface area contributed by atoms with Crippen LogP contribution in [-0.2, 0) is 6.61 Å². The number of aliphatic hydroxyl groups excluding tert-OH is 1. The first-order valence-corrected chi connectivity index (χ1v) is 7.38. The number of aliphatic hydroxyl groups is 2. The van der Waals surface area contributed by atoms with Gasteiger partial charge in [-0.25, -0.2) is 0 Å². The molecular formula is C16H24O4. The summed E-state index contributed by atoms with van der Waals surface area (Å²) in [6, 6.07) is 5.38. The molecule has 2 rings (SSSR count). The predicted octanol–water partition coefficient (Wildman–Crippen LogP) is 2.65. The molecule has 0 saturated heterocycles. The maximum atomic E-state index is 10.4. The summed E-state index contributed by atoms with van der Waals surface area (Å²) in [5.74, 6) is 1.25. The van der Waals surface area contributed by atoms with Crippen molar-refractivity contribution in [3.05, 3.63) is 23.8 Å². The topological polar surface area (TPSA) is 58.9 Å². The van der Waals surface area contributed by atoms with E-state index in [2.05, 4.69) is 0 Å². The third-order valence-electron chi connectivity index (χ3n) is 3.77. The number of ether oxygens (including phenoxy) is 2. The molecule has 1 fully saturated rings. The van der Waals surface area contributed by atoms with E-state index in [9.17, 15) is 5.11 Å². The van der Waals surface area contributed by atoms with E-state index in [-0.39, 0.29) is 6.61 Å². The SMILES string of the molecule is CCOc1cc(CO)ccc1OCC1(O)CCCCC1. The molecule has 4 nitrogen and oxygen atoms in total. The maximum Gasteiger partial charge on any atom is 0.161 e. The molecule has 0 amide bonds. The molecule has 112 valence electrons. The highest BCUT2D eigenvalue weighted by Gasteiger charge is 2.30. The van der Waals surface area contributed by atoms with Crippen molar-refractivity contribution in [1.82, 2.24) is 0 Å². The van der Waals surface area contributed by atoms with Gasteiger partial charge in [-0.05, 0) is 37.5 Å². The fraction of sp³-hybridized carbons (Fsp3) is 0.625. The minimum atomic E-state index is -0.711. The van der Waals surface area contributed by atoms with Gasteiger partial charge in [0, 0.05) is 0 Å². The van der Waals surface area contributed by atoms with E-state index in [1.165, 1.54) is 6.42 Å². The van der Waals surface area contributed by atoms with Crippen LogP contribution in [0.5, 0.6) is 11.5 Å². The van der Waals surface area contributed by atoms with Crippen LogP contribution in [0.15, 0.2) is 18.2 Å². The fourth-order valence-corrected chi connectivity index (χ4v) is 2.60. The van der Waals surface area contributed by atoms with E-state index >= 15 is 0 Å². The summed E-state index contributed by atoms with van der Waals surface area (Å²) in [6.45, 7) is 2.72. The quantitative estimate of drug-likeness (QED) is 0.841. The van der Waals surface area contributed by atoms with Crippen LogP contribution >= 0.6 is 0 Å². The Kier molecular flexibility index (Phi) is 5.26. The third kappa shape index (κ3) is 3.87. The van der Waals surface area contributed by atoms with Crippen molar-refractivity contribution < 1.29 is 19.7 Å². The van der Waals surface area contributed by atoms with Gasteiger partial charge in [-0.3, -0.25) is 0 Å². The lowest BCUT2D eigenvalue weighted by atomic mass is 9.85. The normalized spacial score (nSPS) is 17.8. The first-order valence-electron chi connectivity index (χ1n) is 7.38. The Bertz CT molecular complexity index is 424. The Morgan fingerprint density at radius 2 is 1.85 bits per heavy atom. The first kappa shape index (κ1) is 15.1. The van der Waals surface area contributed by atoms with Crippen LogP contribution in [0, 0.1) is 0 Å². The van der Waals surface area contributed by atoms with Gasteiger partial charge in [-0.15, -0.1) is 0 Å². The molecule has 0 radical (unpaired) electrons. The van der Waals surface area contributed by atoms with Crippen molar-refractivity contribution in [1.29, 1.82) is 0 Å². The molecule has 0 bridgehead atoms. The Balaban J connectivity index is 2.04. The standard InChI is InChI=1S/C16H24O4/c1-2-19-15-10-13(11-17)6-7-14(15)20-12-16(18)8-4-3-5-9-16/h6-7,10,17-18H,2-5,8-9,11-12H2,1H3. The Hall–Kier alpha value is -1.26. The summed E-state index contributed by atoms with van der Waals surface area (Å²) >= 11 is 0. The average Bonchev–Trinajstić information content (AvgIpc) is 2.47. The van der Waals surface area contributed by atoms with Crippen LogP contribution < -0.4 is 9.47 Å². The van der Waals surface area contributed by atoms with Gasteiger partial charge in [0.1, 0.15) is 6.61 Å². The summed E-state index contributed by atoms with van der Waals surface area (Å²) < 4.78 is 11.3. The molecule has 20 heavy (non-hydrogen) atoms. The summed E-state index contributed by atoms with van der Waals surface area (Å²) in [7, 11) is 0. The molecule has 1 saturated carbocycles. The van der Waals surface area contributed by atoms with Crippen molar-refractivity contribution in [3.63, 3.8) is 0 Å². The van der Waals surface area contributed by atoms with Gasteiger partial charge in [0.25, 0.3) is 0 Å². The van der Waals surface area contributed by atoms with Crippen molar-refractivity contribution in [3.8, 4) is 11.5 Å². The van der Waals surface area contributed by atoms with E-state index in [4.69, 9.17) is 14.6 Å². The van der Waals surface area contributed by atoms with Crippen LogP contribution in [0.4, 0.5) is 0 Å². The lowest BCUT2D eigenvalue weighted by Gasteiger charge is -2.31. The number of benzene rings is 1. The molecule has 1 aromatic carbocycles. The zero-order valence-electron chi connectivity index (χ0n) is 12.1. The zero-order chi connectivity index (χ0) is 14.4. The summed E-state index contributed by atoms with van der Waals surface area (Å²) in [5.41, 5.74) is 0.0781. The van der Waals surface area contributed by atoms with E-state index in [0.29, 0.717) is 24.7 Å². The third-order valence-corrected chi connectivity index (χ3v) is 3.77. The number of hydrogen-bond donors (Lipinski definition) is 2. The van der Waals surface area contributed by atoms with Crippen LogP contribution in [0.25, 0.3) is 0 Å². The lowest BCUT2D eigenvalue weighted by Crippen LogP contribution is -2.37. The highest BCUT2D eigenvalue weighted by molar-refractivity contribution is 5.42. The highest BCUT2D eigenvalue weighted by Crippen LogP contribution is 2.32. The van der Waals surface area contributed by atoms with E-state index < -0.39 is 5.60 Å². The summed E-state index contributed by atoms with van der Waals surface area (Å²) in [4.78, 5) is 0. The molecule has 0 aliphatic heterocycles. The molecule has 0 aromatic heterocycles. The van der Waals surface area contributed by atoms with Crippen molar-refractivity contribution in [2.45, 2.75) is 51.2 Å². The second kappa shape index (κ2) is 6.95. The average molecular weight is 280 g/mol. The lowest BCUT2D eigenvalue weighted by molar-refractivity contribution is -0.0344. The Labute approximate surface area is 120 Å². The molecule has 0 atom stereocenters. The molecule has 4 heteroatoms. The maximum absolute atomic E-state index is 10.4. The Morgan fingerprint density at radius 1 is 1.10 bits per heavy atom. The van der Waals surface area contributed by atoms with E-state index in [1.54, 1.807) is 12.1 Å².